The number of carbonyl (C=O) groups is 6. The molecule has 29 heteroatoms. The van der Waals surface area contributed by atoms with Crippen LogP contribution in [0.1, 0.15) is 87.9 Å². The highest BCUT2D eigenvalue weighted by atomic mass is 16.6. The summed E-state index contributed by atoms with van der Waals surface area (Å²) < 4.78 is 8.60. The first-order chi connectivity index (χ1) is 54.8. The highest BCUT2D eigenvalue weighted by molar-refractivity contribution is 6.12. The summed E-state index contributed by atoms with van der Waals surface area (Å²) in [6.07, 6.45) is 27.0. The van der Waals surface area contributed by atoms with Crippen molar-refractivity contribution in [2.75, 3.05) is 7.05 Å². The molecule has 0 saturated carbocycles. The maximum Gasteiger partial charge on any atom is 0.319 e. The van der Waals surface area contributed by atoms with E-state index in [1.807, 2.05) is 128 Å². The minimum absolute atomic E-state index is 0.00606. The van der Waals surface area contributed by atoms with E-state index in [-0.39, 0.29) is 40.5 Å². The van der Waals surface area contributed by atoms with Gasteiger partial charge in [-0.2, -0.15) is 4.74 Å². The number of imidazole rings is 4. The van der Waals surface area contributed by atoms with E-state index in [1.54, 1.807) is 166 Å². The van der Waals surface area contributed by atoms with Crippen molar-refractivity contribution in [3.63, 3.8) is 0 Å². The topological polar surface area (TPSA) is 359 Å². The molecule has 0 saturated heterocycles. The monoisotopic (exact) mass is 1500 g/mol. The first-order valence-electron chi connectivity index (χ1n) is 34.9. The first-order valence-corrected chi connectivity index (χ1v) is 34.9. The summed E-state index contributed by atoms with van der Waals surface area (Å²) in [4.78, 5) is 115. The molecule has 0 aliphatic carbocycles. The van der Waals surface area contributed by atoms with Crippen LogP contribution in [0.4, 0.5) is 26.7 Å². The van der Waals surface area contributed by atoms with E-state index >= 15 is 0 Å². The number of nitro benzene ring substituents is 1. The number of ketones is 4. The fraction of sp³-hybridized carbons (Fsp3) is 0.0595. The summed E-state index contributed by atoms with van der Waals surface area (Å²) in [5.41, 5.74) is 11.1. The second-order valence-electron chi connectivity index (χ2n) is 25.6. The van der Waals surface area contributed by atoms with Gasteiger partial charge in [0, 0.05) is 182 Å². The Balaban J connectivity index is 0.000000132. The molecule has 113 heavy (non-hydrogen) atoms. The molecule has 4 aliphatic rings. The second-order valence-corrected chi connectivity index (χ2v) is 25.6. The molecule has 12 aromatic rings. The summed E-state index contributed by atoms with van der Waals surface area (Å²) >= 11 is 0. The molecule has 8 N–H and O–H groups in total. The van der Waals surface area contributed by atoms with Gasteiger partial charge in [0.05, 0.1) is 71.6 Å². The predicted octanol–water partition coefficient (Wildman–Crippen LogP) is 12.5. The number of carbonyl (C=O) groups excluding carboxylic acids is 6. The number of rotatable bonds is 19. The second kappa shape index (κ2) is 34.2. The molecule has 4 unspecified atom stereocenters. The maximum atomic E-state index is 13.2. The predicted molar refractivity (Wildman–Crippen MR) is 421 cm³/mol. The van der Waals surface area contributed by atoms with Crippen molar-refractivity contribution in [2.24, 2.45) is 0 Å². The van der Waals surface area contributed by atoms with Crippen LogP contribution in [0.25, 0.3) is 22.7 Å². The van der Waals surface area contributed by atoms with E-state index in [4.69, 9.17) is 0 Å². The fourth-order valence-electron chi connectivity index (χ4n) is 12.6. The number of nitrogens with zero attached hydrogens (tertiary/aromatic N) is 11. The van der Waals surface area contributed by atoms with Gasteiger partial charge >= 0.3 is 12.1 Å². The van der Waals surface area contributed by atoms with E-state index in [1.165, 1.54) is 31.6 Å². The number of urea groups is 2. The molecule has 4 amide bonds. The van der Waals surface area contributed by atoms with Crippen LogP contribution in [0.15, 0.2) is 347 Å². The number of para-hydroxylation sites is 1. The Morgan fingerprint density at radius 2 is 0.735 bits per heavy atom. The summed E-state index contributed by atoms with van der Waals surface area (Å²) in [6, 6.07) is 55.3. The van der Waals surface area contributed by atoms with Crippen LogP contribution < -0.4 is 42.5 Å². The number of Topliss-reactive ketones (excluding diaryl/α,β-unsaturated/α-hetero) is 4. The number of hydrogen-bond acceptors (Lipinski definition) is 18. The fourth-order valence-corrected chi connectivity index (χ4v) is 12.6. The lowest BCUT2D eigenvalue weighted by atomic mass is 9.91. The number of aromatic nitrogens is 8. The van der Waals surface area contributed by atoms with Crippen LogP contribution in [-0.2, 0) is 0 Å². The molecule has 4 atom stereocenters. The minimum atomic E-state index is -0.779. The number of amides is 4. The molecule has 0 fully saturated rings. The van der Waals surface area contributed by atoms with E-state index < -0.39 is 35.1 Å². The lowest BCUT2D eigenvalue weighted by molar-refractivity contribution is -0.428. The largest absolute Gasteiger partial charge is 0.619 e. The Kier molecular flexibility index (Phi) is 22.8. The zero-order valence-electron chi connectivity index (χ0n) is 60.2. The van der Waals surface area contributed by atoms with Crippen molar-refractivity contribution in [3.8, 4) is 22.7 Å². The van der Waals surface area contributed by atoms with Crippen molar-refractivity contribution in [3.05, 3.63) is 412 Å². The molecular weight excluding hydrogens is 1440 g/mol. The van der Waals surface area contributed by atoms with Crippen molar-refractivity contribution in [1.82, 2.24) is 80.7 Å². The van der Waals surface area contributed by atoms with Gasteiger partial charge in [0.25, 0.3) is 11.4 Å². The quantitative estimate of drug-likeness (QED) is 0.00931. The number of benzene rings is 8. The van der Waals surface area contributed by atoms with Crippen molar-refractivity contribution < 1.29 is 43.2 Å². The Morgan fingerprint density at radius 1 is 0.389 bits per heavy atom. The number of nitrogens with one attached hydrogen (secondary N) is 8. The van der Waals surface area contributed by atoms with Gasteiger partial charge in [-0.3, -0.25) is 29.3 Å². The third kappa shape index (κ3) is 17.7. The Hall–Kier alpha value is -16.1. The Labute approximate surface area is 645 Å². The highest BCUT2D eigenvalue weighted by Crippen LogP contribution is 2.35. The maximum absolute atomic E-state index is 13.2. The van der Waals surface area contributed by atoms with Gasteiger partial charge in [0.1, 0.15) is 6.72 Å². The van der Waals surface area contributed by atoms with Gasteiger partial charge in [-0.25, -0.2) is 29.5 Å². The number of nitroso groups, excluding NO2 is 1. The molecule has 0 radical (unpaired) electrons. The standard InChI is InChI=1S/3C21H17N5O3.C21H18N4O/c1-14-23-12-19(20(24-14)15-2-8-18(9-3-15)26(28)29)21(27)16-4-6-17(7-5-16)25-11-10-22-13-25;1-25(29)17-4-2-3-15(11-17)19-18(12-23-21(28)24-19)20(27)14-5-7-16(8-6-14)26-10-9-22-13-26;1-25(29)18-5-3-2-4-16(18)19-17(12-23-21(28)24-19)20(27)14-6-8-15(9-7-14)26-11-10-22-13-26;1-15-23-13-19(20(24-15)16-5-3-2-4-6-16)21(26)17-7-9-18(10-8-17)25-12-11-22-14-25/h2-13,20,23-24H,1H2;2-13,19H,1H3,(H-,23,24,27,28);2-13,19H,1H2,(H2,23,24,28);2-14,20,23-24H,1H2/p+1. The smallest absolute Gasteiger partial charge is 0.319 e. The van der Waals surface area contributed by atoms with Crippen LogP contribution in [0.5, 0.6) is 0 Å². The van der Waals surface area contributed by atoms with E-state index in [9.17, 15) is 49.0 Å². The van der Waals surface area contributed by atoms with E-state index in [2.05, 4.69) is 82.3 Å². The highest BCUT2D eigenvalue weighted by Gasteiger charge is 2.34. The summed E-state index contributed by atoms with van der Waals surface area (Å²) in [5, 5.41) is 45.6. The van der Waals surface area contributed by atoms with Crippen LogP contribution in [0, 0.1) is 20.2 Å². The van der Waals surface area contributed by atoms with Gasteiger partial charge in [-0.1, -0.05) is 67.8 Å². The van der Waals surface area contributed by atoms with E-state index in [0.717, 1.165) is 38.6 Å². The normalized spacial score (nSPS) is 15.9. The summed E-state index contributed by atoms with van der Waals surface area (Å²) in [6.45, 7) is 11.1. The van der Waals surface area contributed by atoms with Crippen LogP contribution >= 0.6 is 0 Å². The lowest BCUT2D eigenvalue weighted by Gasteiger charge is -2.28. The minimum Gasteiger partial charge on any atom is -0.619 e. The third-order valence-corrected chi connectivity index (χ3v) is 18.4. The van der Waals surface area contributed by atoms with E-state index in [0.29, 0.717) is 77.7 Å². The molecule has 4 aromatic heterocycles. The van der Waals surface area contributed by atoms with Gasteiger partial charge < -0.3 is 66.0 Å². The Bertz CT molecular complexity index is 5710. The van der Waals surface area contributed by atoms with Crippen LogP contribution in [0.3, 0.4) is 0 Å². The SMILES string of the molecule is C=C1NC=C(C(=O)c2ccc(-n3ccnc3)cc2)C(c2ccc([N+](=O)[O-])cc2)N1.C=C1NC=C(C(=O)c2ccc(-n3ccnc3)cc2)C(c2ccccc2)N1.C=[N+]([O-])c1ccccc1C1NC(=O)NC=C1C(=O)c1ccc(-n2ccnc2)cc1.C[N+](=O)c1cccc(C2NC(=O)NC=C2C(=O)c2ccc(-n3ccnc3)cc2)c1. The zero-order chi connectivity index (χ0) is 79.1. The Morgan fingerprint density at radius 3 is 1.11 bits per heavy atom. The summed E-state index contributed by atoms with van der Waals surface area (Å²) in [7, 11) is 1.39. The van der Waals surface area contributed by atoms with Crippen LogP contribution in [0.2, 0.25) is 0 Å². The molecule has 0 spiro atoms. The van der Waals surface area contributed by atoms with Gasteiger partial charge in [-0.15, -0.1) is 0 Å². The molecule has 8 heterocycles. The van der Waals surface area contributed by atoms with Crippen molar-refractivity contribution in [2.45, 2.75) is 24.2 Å². The molecule has 8 aromatic carbocycles. The average molecular weight is 1510 g/mol. The molecule has 560 valence electrons. The van der Waals surface area contributed by atoms with Crippen molar-refractivity contribution in [1.29, 1.82) is 0 Å². The summed E-state index contributed by atoms with van der Waals surface area (Å²) in [5.74, 6) is 0.546. The number of hydrogen-bond donors (Lipinski definition) is 8. The zero-order valence-corrected chi connectivity index (χ0v) is 60.2. The van der Waals surface area contributed by atoms with Crippen LogP contribution in [-0.4, -0.2) is 102 Å². The first kappa shape index (κ1) is 75.2. The van der Waals surface area contributed by atoms with Gasteiger partial charge in [0.2, 0.25) is 5.69 Å². The molecule has 0 bridgehead atoms. The average Bonchev–Trinajstić information content (AvgIpc) is 1.20. The van der Waals surface area contributed by atoms with Gasteiger partial charge in [0.15, 0.2) is 30.2 Å². The lowest BCUT2D eigenvalue weighted by Crippen LogP contribution is -2.42. The molecular formula is C84H70N19O10+. The van der Waals surface area contributed by atoms with Gasteiger partial charge in [-0.05, 0) is 132 Å². The molecule has 4 aliphatic heterocycles. The third-order valence-electron chi connectivity index (χ3n) is 18.4. The number of non-ortho nitro benzene ring substituents is 1. The molecule has 29 nitrogen and oxygen atoms in total. The van der Waals surface area contributed by atoms with Crippen molar-refractivity contribution >= 4 is 59.0 Å². The number of nitro groups is 1. The molecule has 16 rings (SSSR count).